The van der Waals surface area contributed by atoms with Crippen LogP contribution in [0.3, 0.4) is 0 Å². The Morgan fingerprint density at radius 2 is 1.97 bits per heavy atom. The minimum atomic E-state index is 0.657. The van der Waals surface area contributed by atoms with Gasteiger partial charge in [-0.3, -0.25) is 9.88 Å². The Labute approximate surface area is 176 Å². The number of ether oxygens (including phenoxy) is 1. The van der Waals surface area contributed by atoms with E-state index in [0.717, 1.165) is 46.9 Å². The van der Waals surface area contributed by atoms with Gasteiger partial charge in [-0.1, -0.05) is 36.4 Å². The van der Waals surface area contributed by atoms with Crippen molar-refractivity contribution in [2.24, 2.45) is 0 Å². The third-order valence-electron chi connectivity index (χ3n) is 4.93. The molecule has 30 heavy (non-hydrogen) atoms. The van der Waals surface area contributed by atoms with E-state index in [-0.39, 0.29) is 0 Å². The van der Waals surface area contributed by atoms with Crippen LogP contribution in [0.4, 0.5) is 5.82 Å². The van der Waals surface area contributed by atoms with Gasteiger partial charge in [-0.15, -0.1) is 0 Å². The molecule has 4 rings (SSSR count). The molecule has 0 spiro atoms. The average molecular weight is 403 g/mol. The van der Waals surface area contributed by atoms with Crippen molar-refractivity contribution in [2.45, 2.75) is 13.1 Å². The highest BCUT2D eigenvalue weighted by molar-refractivity contribution is 5.67. The van der Waals surface area contributed by atoms with Crippen LogP contribution in [0.5, 0.6) is 0 Å². The summed E-state index contributed by atoms with van der Waals surface area (Å²) in [6.45, 7) is 2.94. The van der Waals surface area contributed by atoms with Gasteiger partial charge in [0.25, 0.3) is 0 Å². The summed E-state index contributed by atoms with van der Waals surface area (Å²) < 4.78 is 7.07. The van der Waals surface area contributed by atoms with Crippen LogP contribution in [0.1, 0.15) is 11.1 Å². The van der Waals surface area contributed by atoms with E-state index in [1.807, 2.05) is 47.2 Å². The van der Waals surface area contributed by atoms with E-state index in [2.05, 4.69) is 45.5 Å². The van der Waals surface area contributed by atoms with Gasteiger partial charge < -0.3 is 10.1 Å². The van der Waals surface area contributed by atoms with Gasteiger partial charge in [0.15, 0.2) is 5.65 Å². The maximum atomic E-state index is 5.20. The first-order valence-electron chi connectivity index (χ1n) is 9.98. The van der Waals surface area contributed by atoms with Crippen molar-refractivity contribution in [1.82, 2.24) is 24.5 Å². The average Bonchev–Trinajstić information content (AvgIpc) is 3.20. The summed E-state index contributed by atoms with van der Waals surface area (Å²) in [5.74, 6) is 0.897. The second-order valence-corrected chi connectivity index (χ2v) is 7.24. The standard InChI is InChI=1S/C23H26N6O/c1-28(11-12-30-2)17-20-16-26-29-22(25-15-18-7-6-10-24-14-18)13-21(27-23(20)29)19-8-4-3-5-9-19/h3-10,13-14,16,25H,11-12,15,17H2,1-2H3. The van der Waals surface area contributed by atoms with Crippen LogP contribution in [-0.4, -0.2) is 51.8 Å². The maximum Gasteiger partial charge on any atom is 0.162 e. The van der Waals surface area contributed by atoms with Crippen molar-refractivity contribution in [1.29, 1.82) is 0 Å². The molecule has 0 saturated heterocycles. The molecule has 3 aromatic heterocycles. The number of hydrogen-bond acceptors (Lipinski definition) is 6. The fourth-order valence-corrected chi connectivity index (χ4v) is 3.31. The van der Waals surface area contributed by atoms with Crippen molar-refractivity contribution in [3.63, 3.8) is 0 Å². The lowest BCUT2D eigenvalue weighted by Gasteiger charge is -2.15. The Kier molecular flexibility index (Phi) is 6.32. The van der Waals surface area contributed by atoms with Crippen molar-refractivity contribution >= 4 is 11.5 Å². The number of methoxy groups -OCH3 is 1. The molecule has 0 saturated carbocycles. The summed E-state index contributed by atoms with van der Waals surface area (Å²) in [7, 11) is 3.79. The quantitative estimate of drug-likeness (QED) is 0.462. The predicted molar refractivity (Wildman–Crippen MR) is 118 cm³/mol. The second-order valence-electron chi connectivity index (χ2n) is 7.24. The Morgan fingerprint density at radius 3 is 2.73 bits per heavy atom. The van der Waals surface area contributed by atoms with Crippen LogP contribution in [0.25, 0.3) is 16.9 Å². The molecule has 7 nitrogen and oxygen atoms in total. The lowest BCUT2D eigenvalue weighted by Crippen LogP contribution is -2.22. The molecule has 0 amide bonds. The lowest BCUT2D eigenvalue weighted by molar-refractivity contribution is 0.159. The topological polar surface area (TPSA) is 67.6 Å². The number of anilines is 1. The molecule has 0 aliphatic rings. The summed E-state index contributed by atoms with van der Waals surface area (Å²) in [5.41, 5.74) is 5.03. The van der Waals surface area contributed by atoms with E-state index >= 15 is 0 Å². The fraction of sp³-hybridized carbons (Fsp3) is 0.261. The first-order valence-corrected chi connectivity index (χ1v) is 9.98. The highest BCUT2D eigenvalue weighted by Gasteiger charge is 2.14. The van der Waals surface area contributed by atoms with Crippen LogP contribution in [0, 0.1) is 0 Å². The highest BCUT2D eigenvalue weighted by Crippen LogP contribution is 2.24. The molecule has 1 aromatic carbocycles. The summed E-state index contributed by atoms with van der Waals surface area (Å²) in [6.07, 6.45) is 5.54. The van der Waals surface area contributed by atoms with Gasteiger partial charge in [0.05, 0.1) is 18.5 Å². The molecule has 7 heteroatoms. The van der Waals surface area contributed by atoms with E-state index in [9.17, 15) is 0 Å². The zero-order valence-electron chi connectivity index (χ0n) is 17.3. The number of nitrogens with zero attached hydrogens (tertiary/aromatic N) is 5. The van der Waals surface area contributed by atoms with E-state index in [1.165, 1.54) is 0 Å². The molecule has 4 aromatic rings. The van der Waals surface area contributed by atoms with Crippen molar-refractivity contribution in [3.8, 4) is 11.3 Å². The highest BCUT2D eigenvalue weighted by atomic mass is 16.5. The zero-order valence-corrected chi connectivity index (χ0v) is 17.3. The van der Waals surface area contributed by atoms with Crippen LogP contribution < -0.4 is 5.32 Å². The van der Waals surface area contributed by atoms with Gasteiger partial charge in [-0.25, -0.2) is 4.98 Å². The van der Waals surface area contributed by atoms with Crippen LogP contribution >= 0.6 is 0 Å². The van der Waals surface area contributed by atoms with Gasteiger partial charge in [0.1, 0.15) is 5.82 Å². The molecule has 0 atom stereocenters. The van der Waals surface area contributed by atoms with Crippen LogP contribution in [-0.2, 0) is 17.8 Å². The molecule has 154 valence electrons. The van der Waals surface area contributed by atoms with Crippen LogP contribution in [0.2, 0.25) is 0 Å². The SMILES string of the molecule is COCCN(C)Cc1cnn2c(NCc3cccnc3)cc(-c3ccccc3)nc12. The summed E-state index contributed by atoms with van der Waals surface area (Å²) in [5, 5.41) is 8.12. The molecule has 0 unspecified atom stereocenters. The summed E-state index contributed by atoms with van der Waals surface area (Å²) in [6, 6.07) is 16.3. The van der Waals surface area contributed by atoms with E-state index in [4.69, 9.17) is 9.72 Å². The number of benzene rings is 1. The van der Waals surface area contributed by atoms with Gasteiger partial charge >= 0.3 is 0 Å². The molecular weight excluding hydrogens is 376 g/mol. The van der Waals surface area contributed by atoms with Gasteiger partial charge in [0, 0.05) is 56.3 Å². The Balaban J connectivity index is 1.69. The van der Waals surface area contributed by atoms with E-state index < -0.39 is 0 Å². The third kappa shape index (κ3) is 4.64. The first-order chi connectivity index (χ1) is 14.7. The Bertz CT molecular complexity index is 1080. The Morgan fingerprint density at radius 1 is 1.10 bits per heavy atom. The number of likely N-dealkylation sites (N-methyl/N-ethyl adjacent to an activating group) is 1. The summed E-state index contributed by atoms with van der Waals surface area (Å²) >= 11 is 0. The second kappa shape index (κ2) is 9.47. The van der Waals surface area contributed by atoms with E-state index in [0.29, 0.717) is 13.2 Å². The van der Waals surface area contributed by atoms with E-state index in [1.54, 1.807) is 13.3 Å². The summed E-state index contributed by atoms with van der Waals surface area (Å²) in [4.78, 5) is 11.3. The molecule has 0 radical (unpaired) electrons. The minimum absolute atomic E-state index is 0.657. The fourth-order valence-electron chi connectivity index (χ4n) is 3.31. The first kappa shape index (κ1) is 20.0. The molecule has 0 aliphatic heterocycles. The monoisotopic (exact) mass is 402 g/mol. The van der Waals surface area contributed by atoms with Crippen molar-refractivity contribution < 1.29 is 4.74 Å². The van der Waals surface area contributed by atoms with Crippen molar-refractivity contribution in [3.05, 3.63) is 78.2 Å². The third-order valence-corrected chi connectivity index (χ3v) is 4.93. The molecule has 3 heterocycles. The lowest BCUT2D eigenvalue weighted by atomic mass is 10.1. The molecule has 1 N–H and O–H groups in total. The number of hydrogen-bond donors (Lipinski definition) is 1. The smallest absolute Gasteiger partial charge is 0.162 e. The largest absolute Gasteiger partial charge is 0.383 e. The Hall–Kier alpha value is -3.29. The number of aromatic nitrogens is 4. The molecule has 0 aliphatic carbocycles. The van der Waals surface area contributed by atoms with Gasteiger partial charge in [0.2, 0.25) is 0 Å². The van der Waals surface area contributed by atoms with Crippen molar-refractivity contribution in [2.75, 3.05) is 32.6 Å². The van der Waals surface area contributed by atoms with Gasteiger partial charge in [-0.05, 0) is 18.7 Å². The number of pyridine rings is 1. The zero-order chi connectivity index (χ0) is 20.8. The number of nitrogens with one attached hydrogen (secondary N) is 1. The normalized spacial score (nSPS) is 11.3. The molecule has 0 fully saturated rings. The molecular formula is C23H26N6O. The number of fused-ring (bicyclic) bond motifs is 1. The van der Waals surface area contributed by atoms with Crippen LogP contribution in [0.15, 0.2) is 67.1 Å². The molecule has 0 bridgehead atoms. The maximum absolute atomic E-state index is 5.20. The number of rotatable bonds is 9. The van der Waals surface area contributed by atoms with Gasteiger partial charge in [-0.2, -0.15) is 9.61 Å². The predicted octanol–water partition coefficient (Wildman–Crippen LogP) is 3.48. The minimum Gasteiger partial charge on any atom is -0.383 e.